The first-order valence-corrected chi connectivity index (χ1v) is 7.14. The predicted molar refractivity (Wildman–Crippen MR) is 75.8 cm³/mol. The van der Waals surface area contributed by atoms with Crippen LogP contribution in [0.2, 0.25) is 0 Å². The van der Waals surface area contributed by atoms with E-state index >= 15 is 0 Å². The van der Waals surface area contributed by atoms with Crippen LogP contribution in [-0.4, -0.2) is 36.7 Å². The molecule has 2 N–H and O–H groups in total. The summed E-state index contributed by atoms with van der Waals surface area (Å²) in [7, 11) is 0. The van der Waals surface area contributed by atoms with Crippen LogP contribution in [0.3, 0.4) is 0 Å². The summed E-state index contributed by atoms with van der Waals surface area (Å²) in [5.41, 5.74) is -0.0629. The largest absolute Gasteiger partial charge is 0.351 e. The normalized spacial score (nSPS) is 10.2. The molecule has 104 valence electrons. The summed E-state index contributed by atoms with van der Waals surface area (Å²) in [5, 5.41) is 16.6. The van der Waals surface area contributed by atoms with Crippen LogP contribution in [0.25, 0.3) is 0 Å². The third-order valence-corrected chi connectivity index (χ3v) is 3.21. The zero-order valence-electron chi connectivity index (χ0n) is 10.9. The molecule has 7 heteroatoms. The smallest absolute Gasteiger partial charge is 0.282 e. The lowest BCUT2D eigenvalue weighted by atomic mass is 10.1. The quantitative estimate of drug-likeness (QED) is 0.344. The molecule has 0 aromatic heterocycles. The van der Waals surface area contributed by atoms with Gasteiger partial charge in [0.05, 0.1) is 4.92 Å². The van der Waals surface area contributed by atoms with Gasteiger partial charge in [-0.05, 0) is 24.9 Å². The Labute approximate surface area is 116 Å². The van der Waals surface area contributed by atoms with Crippen molar-refractivity contribution in [2.75, 3.05) is 25.9 Å². The highest BCUT2D eigenvalue weighted by atomic mass is 32.2. The van der Waals surface area contributed by atoms with E-state index in [9.17, 15) is 14.9 Å². The van der Waals surface area contributed by atoms with Crippen LogP contribution in [0.1, 0.15) is 17.3 Å². The molecule has 0 spiro atoms. The van der Waals surface area contributed by atoms with E-state index in [-0.39, 0.29) is 11.3 Å². The Morgan fingerprint density at radius 1 is 1.42 bits per heavy atom. The zero-order valence-corrected chi connectivity index (χ0v) is 11.8. The van der Waals surface area contributed by atoms with Gasteiger partial charge in [0.1, 0.15) is 5.56 Å². The van der Waals surface area contributed by atoms with E-state index in [0.717, 1.165) is 11.4 Å². The highest BCUT2D eigenvalue weighted by Gasteiger charge is 2.20. The van der Waals surface area contributed by atoms with Gasteiger partial charge in [0.2, 0.25) is 0 Å². The first-order chi connectivity index (χ1) is 9.10. The van der Waals surface area contributed by atoms with Crippen molar-refractivity contribution < 1.29 is 9.72 Å². The molecule has 0 aliphatic carbocycles. The maximum absolute atomic E-state index is 11.9. The van der Waals surface area contributed by atoms with Crippen LogP contribution in [0, 0.1) is 10.1 Å². The van der Waals surface area contributed by atoms with E-state index in [2.05, 4.69) is 10.6 Å². The molecule has 0 aliphatic heterocycles. The van der Waals surface area contributed by atoms with Crippen LogP contribution < -0.4 is 10.6 Å². The van der Waals surface area contributed by atoms with Crippen molar-refractivity contribution in [3.05, 3.63) is 33.9 Å². The molecule has 0 unspecified atom stereocenters. The topological polar surface area (TPSA) is 84.3 Å². The highest BCUT2D eigenvalue weighted by molar-refractivity contribution is 7.98. The van der Waals surface area contributed by atoms with Crippen molar-refractivity contribution >= 4 is 23.4 Å². The molecular weight excluding hydrogens is 266 g/mol. The van der Waals surface area contributed by atoms with Crippen molar-refractivity contribution in [2.45, 2.75) is 11.8 Å². The van der Waals surface area contributed by atoms with Crippen LogP contribution in [-0.2, 0) is 0 Å². The summed E-state index contributed by atoms with van der Waals surface area (Å²) >= 11 is 1.44. The second-order valence-corrected chi connectivity index (χ2v) is 4.63. The lowest BCUT2D eigenvalue weighted by Crippen LogP contribution is -2.32. The molecule has 1 aromatic carbocycles. The summed E-state index contributed by atoms with van der Waals surface area (Å²) in [6, 6.07) is 4.55. The van der Waals surface area contributed by atoms with Crippen LogP contribution in [0.4, 0.5) is 5.69 Å². The third kappa shape index (κ3) is 4.53. The number of nitrogens with one attached hydrogen (secondary N) is 2. The average molecular weight is 283 g/mol. The molecule has 0 saturated heterocycles. The monoisotopic (exact) mass is 283 g/mol. The van der Waals surface area contributed by atoms with Crippen molar-refractivity contribution in [3.8, 4) is 0 Å². The maximum atomic E-state index is 11.9. The summed E-state index contributed by atoms with van der Waals surface area (Å²) in [6.07, 6.45) is 1.86. The number of nitrogens with zero attached hydrogens (tertiary/aromatic N) is 1. The second kappa shape index (κ2) is 7.75. The van der Waals surface area contributed by atoms with Crippen molar-refractivity contribution in [1.29, 1.82) is 0 Å². The van der Waals surface area contributed by atoms with Gasteiger partial charge in [0.15, 0.2) is 0 Å². The SMILES string of the molecule is CCNCCNC(=O)c1cc(SC)ccc1[N+](=O)[O-]. The van der Waals surface area contributed by atoms with E-state index in [0.29, 0.717) is 13.1 Å². The number of hydrogen-bond acceptors (Lipinski definition) is 5. The Morgan fingerprint density at radius 3 is 2.74 bits per heavy atom. The van der Waals surface area contributed by atoms with Crippen LogP contribution in [0.15, 0.2) is 23.1 Å². The molecule has 0 atom stereocenters. The zero-order chi connectivity index (χ0) is 14.3. The molecule has 0 heterocycles. The number of rotatable bonds is 7. The number of carbonyl (C=O) groups excluding carboxylic acids is 1. The van der Waals surface area contributed by atoms with Gasteiger partial charge in [0, 0.05) is 24.1 Å². The fraction of sp³-hybridized carbons (Fsp3) is 0.417. The van der Waals surface area contributed by atoms with Gasteiger partial charge in [-0.25, -0.2) is 0 Å². The first-order valence-electron chi connectivity index (χ1n) is 5.91. The standard InChI is InChI=1S/C12H17N3O3S/c1-3-13-6-7-14-12(16)10-8-9(19-2)4-5-11(10)15(17)18/h4-5,8,13H,3,6-7H2,1-2H3,(H,14,16). The maximum Gasteiger partial charge on any atom is 0.282 e. The van der Waals surface area contributed by atoms with Gasteiger partial charge in [-0.1, -0.05) is 6.92 Å². The summed E-state index contributed by atoms with van der Waals surface area (Å²) in [4.78, 5) is 23.1. The van der Waals surface area contributed by atoms with Gasteiger partial charge in [-0.15, -0.1) is 11.8 Å². The minimum atomic E-state index is -0.538. The molecule has 1 aromatic rings. The minimum absolute atomic E-state index is 0.105. The molecule has 6 nitrogen and oxygen atoms in total. The Kier molecular flexibility index (Phi) is 6.31. The van der Waals surface area contributed by atoms with E-state index in [1.54, 1.807) is 12.1 Å². The Bertz CT molecular complexity index is 466. The minimum Gasteiger partial charge on any atom is -0.351 e. The number of benzene rings is 1. The van der Waals surface area contributed by atoms with Gasteiger partial charge >= 0.3 is 0 Å². The van der Waals surface area contributed by atoms with E-state index in [1.165, 1.54) is 17.8 Å². The van der Waals surface area contributed by atoms with Gasteiger partial charge in [-0.2, -0.15) is 0 Å². The number of nitro benzene ring substituents is 1. The fourth-order valence-corrected chi connectivity index (χ4v) is 1.96. The van der Waals surface area contributed by atoms with Crippen LogP contribution >= 0.6 is 11.8 Å². The molecule has 0 aliphatic rings. The molecular formula is C12H17N3O3S. The fourth-order valence-electron chi connectivity index (χ4n) is 1.52. The van der Waals surface area contributed by atoms with Crippen molar-refractivity contribution in [3.63, 3.8) is 0 Å². The Balaban J connectivity index is 2.83. The van der Waals surface area contributed by atoms with E-state index in [4.69, 9.17) is 0 Å². The average Bonchev–Trinajstić information content (AvgIpc) is 2.42. The number of likely N-dealkylation sites (N-methyl/N-ethyl adjacent to an activating group) is 1. The summed E-state index contributed by atoms with van der Waals surface area (Å²) in [5.74, 6) is -0.416. The highest BCUT2D eigenvalue weighted by Crippen LogP contribution is 2.24. The van der Waals surface area contributed by atoms with E-state index < -0.39 is 10.8 Å². The number of carbonyl (C=O) groups is 1. The molecule has 1 amide bonds. The van der Waals surface area contributed by atoms with Crippen molar-refractivity contribution in [1.82, 2.24) is 10.6 Å². The lowest BCUT2D eigenvalue weighted by Gasteiger charge is -2.07. The summed E-state index contributed by atoms with van der Waals surface area (Å²) < 4.78 is 0. The first kappa shape index (κ1) is 15.5. The number of nitro groups is 1. The molecule has 0 bridgehead atoms. The lowest BCUT2D eigenvalue weighted by molar-refractivity contribution is -0.385. The third-order valence-electron chi connectivity index (χ3n) is 2.48. The number of hydrogen-bond donors (Lipinski definition) is 2. The van der Waals surface area contributed by atoms with Crippen LogP contribution in [0.5, 0.6) is 0 Å². The molecule has 0 saturated carbocycles. The number of thioether (sulfide) groups is 1. The number of amides is 1. The molecule has 0 fully saturated rings. The van der Waals surface area contributed by atoms with Gasteiger partial charge in [-0.3, -0.25) is 14.9 Å². The second-order valence-electron chi connectivity index (χ2n) is 3.75. The molecule has 0 radical (unpaired) electrons. The van der Waals surface area contributed by atoms with Crippen molar-refractivity contribution in [2.24, 2.45) is 0 Å². The Morgan fingerprint density at radius 2 is 2.16 bits per heavy atom. The Hall–Kier alpha value is -1.60. The van der Waals surface area contributed by atoms with E-state index in [1.807, 2.05) is 13.2 Å². The van der Waals surface area contributed by atoms with Gasteiger partial charge < -0.3 is 10.6 Å². The molecule has 19 heavy (non-hydrogen) atoms. The predicted octanol–water partition coefficient (Wildman–Crippen LogP) is 1.66. The summed E-state index contributed by atoms with van der Waals surface area (Å²) in [6.45, 7) is 3.86. The molecule has 1 rings (SSSR count). The van der Waals surface area contributed by atoms with Gasteiger partial charge in [0.25, 0.3) is 11.6 Å².